The van der Waals surface area contributed by atoms with Gasteiger partial charge in [-0.1, -0.05) is 36.1 Å². The van der Waals surface area contributed by atoms with Gasteiger partial charge in [-0.25, -0.2) is 0 Å². The van der Waals surface area contributed by atoms with E-state index < -0.39 is 0 Å². The summed E-state index contributed by atoms with van der Waals surface area (Å²) < 4.78 is 11.4. The van der Waals surface area contributed by atoms with E-state index in [2.05, 4.69) is 51.7 Å². The molecule has 2 aromatic rings. The van der Waals surface area contributed by atoms with Gasteiger partial charge in [0.05, 0.1) is 0 Å². The van der Waals surface area contributed by atoms with Crippen molar-refractivity contribution in [1.82, 2.24) is 0 Å². The Balaban J connectivity index is 1.83. The summed E-state index contributed by atoms with van der Waals surface area (Å²) in [4.78, 5) is 0. The molecular weight excluding hydrogens is 272 g/mol. The summed E-state index contributed by atoms with van der Waals surface area (Å²) in [6, 6.07) is 12.1. The molecule has 2 nitrogen and oxygen atoms in total. The van der Waals surface area contributed by atoms with Crippen LogP contribution in [-0.4, -0.2) is 13.2 Å². The standard InChI is InChI=1S/C20H22O2/c1-15-9-7-11-19(17(15)3)21-13-5-6-14-22-20-12-8-10-16(2)18(20)4/h7-12H,13-14H2,1-4H3. The molecule has 0 radical (unpaired) electrons. The van der Waals surface area contributed by atoms with Gasteiger partial charge in [-0.05, 0) is 62.1 Å². The van der Waals surface area contributed by atoms with E-state index in [4.69, 9.17) is 9.47 Å². The van der Waals surface area contributed by atoms with Crippen molar-refractivity contribution in [3.63, 3.8) is 0 Å². The smallest absolute Gasteiger partial charge is 0.149 e. The average Bonchev–Trinajstić information content (AvgIpc) is 2.51. The molecule has 0 bridgehead atoms. The maximum Gasteiger partial charge on any atom is 0.149 e. The van der Waals surface area contributed by atoms with Crippen LogP contribution in [0.3, 0.4) is 0 Å². The number of hydrogen-bond acceptors (Lipinski definition) is 2. The van der Waals surface area contributed by atoms with E-state index in [-0.39, 0.29) is 0 Å². The zero-order chi connectivity index (χ0) is 15.9. The second kappa shape index (κ2) is 7.56. The second-order valence-electron chi connectivity index (χ2n) is 5.33. The summed E-state index contributed by atoms with van der Waals surface area (Å²) in [5.74, 6) is 7.76. The maximum absolute atomic E-state index is 5.68. The van der Waals surface area contributed by atoms with Gasteiger partial charge in [0.25, 0.3) is 0 Å². The van der Waals surface area contributed by atoms with E-state index in [1.807, 2.05) is 24.3 Å². The molecule has 0 N–H and O–H groups in total. The van der Waals surface area contributed by atoms with E-state index in [9.17, 15) is 0 Å². The van der Waals surface area contributed by atoms with Crippen molar-refractivity contribution < 1.29 is 9.47 Å². The Morgan fingerprint density at radius 1 is 0.682 bits per heavy atom. The van der Waals surface area contributed by atoms with E-state index in [1.165, 1.54) is 11.1 Å². The van der Waals surface area contributed by atoms with E-state index in [0.717, 1.165) is 22.6 Å². The molecule has 0 heterocycles. The first kappa shape index (κ1) is 16.0. The summed E-state index contributed by atoms with van der Waals surface area (Å²) in [7, 11) is 0. The number of aryl methyl sites for hydroxylation is 2. The minimum atomic E-state index is 0.375. The third-order valence-electron chi connectivity index (χ3n) is 3.83. The number of rotatable bonds is 4. The fraction of sp³-hybridized carbons (Fsp3) is 0.300. The van der Waals surface area contributed by atoms with Crippen molar-refractivity contribution in [2.45, 2.75) is 27.7 Å². The van der Waals surface area contributed by atoms with Gasteiger partial charge in [-0.2, -0.15) is 0 Å². The third kappa shape index (κ3) is 4.05. The lowest BCUT2D eigenvalue weighted by Crippen LogP contribution is -2.00. The van der Waals surface area contributed by atoms with Crippen molar-refractivity contribution in [1.29, 1.82) is 0 Å². The molecule has 0 aliphatic rings. The summed E-state index contributed by atoms with van der Waals surface area (Å²) in [5.41, 5.74) is 4.78. The fourth-order valence-corrected chi connectivity index (χ4v) is 2.09. The molecule has 0 saturated heterocycles. The SMILES string of the molecule is Cc1cccc(OCC#CCOc2cccc(C)c2C)c1C. The van der Waals surface area contributed by atoms with Crippen LogP contribution in [0.5, 0.6) is 11.5 Å². The number of hydrogen-bond donors (Lipinski definition) is 0. The van der Waals surface area contributed by atoms with Crippen molar-refractivity contribution >= 4 is 0 Å². The first-order valence-corrected chi connectivity index (χ1v) is 7.43. The highest BCUT2D eigenvalue weighted by Gasteiger charge is 2.01. The molecule has 0 amide bonds. The molecule has 0 spiro atoms. The van der Waals surface area contributed by atoms with E-state index in [0.29, 0.717) is 13.2 Å². The minimum absolute atomic E-state index is 0.375. The van der Waals surface area contributed by atoms with Gasteiger partial charge in [0, 0.05) is 0 Å². The predicted molar refractivity (Wildman–Crippen MR) is 90.6 cm³/mol. The predicted octanol–water partition coefficient (Wildman–Crippen LogP) is 4.38. The highest BCUT2D eigenvalue weighted by atomic mass is 16.5. The molecule has 0 unspecified atom stereocenters. The van der Waals surface area contributed by atoms with E-state index in [1.54, 1.807) is 0 Å². The fourth-order valence-electron chi connectivity index (χ4n) is 2.09. The average molecular weight is 294 g/mol. The molecule has 0 aromatic heterocycles. The van der Waals surface area contributed by atoms with Crippen LogP contribution in [0, 0.1) is 39.5 Å². The molecule has 0 saturated carbocycles. The van der Waals surface area contributed by atoms with E-state index >= 15 is 0 Å². The molecule has 0 aliphatic carbocycles. The molecule has 2 rings (SSSR count). The van der Waals surface area contributed by atoms with Gasteiger partial charge in [0.2, 0.25) is 0 Å². The van der Waals surface area contributed by atoms with Crippen molar-refractivity contribution in [3.05, 3.63) is 58.7 Å². The first-order valence-electron chi connectivity index (χ1n) is 7.43. The molecule has 0 aliphatic heterocycles. The maximum atomic E-state index is 5.68. The van der Waals surface area contributed by atoms with Crippen LogP contribution in [0.1, 0.15) is 22.3 Å². The summed E-state index contributed by atoms with van der Waals surface area (Å²) in [6.45, 7) is 9.02. The Bertz CT molecular complexity index is 646. The lowest BCUT2D eigenvalue weighted by Gasteiger charge is -2.08. The Hall–Kier alpha value is -2.40. The zero-order valence-electron chi connectivity index (χ0n) is 13.7. The highest BCUT2D eigenvalue weighted by molar-refractivity contribution is 5.39. The zero-order valence-corrected chi connectivity index (χ0v) is 13.7. The molecule has 2 heteroatoms. The Labute approximate surface area is 133 Å². The van der Waals surface area contributed by atoms with Crippen LogP contribution in [0.15, 0.2) is 36.4 Å². The normalized spacial score (nSPS) is 9.82. The number of ether oxygens (including phenoxy) is 2. The van der Waals surface area contributed by atoms with Crippen molar-refractivity contribution in [3.8, 4) is 23.3 Å². The molecular formula is C20H22O2. The molecule has 22 heavy (non-hydrogen) atoms. The minimum Gasteiger partial charge on any atom is -0.481 e. The van der Waals surface area contributed by atoms with Gasteiger partial charge in [0.1, 0.15) is 24.7 Å². The van der Waals surface area contributed by atoms with Gasteiger partial charge in [-0.15, -0.1) is 0 Å². The largest absolute Gasteiger partial charge is 0.481 e. The molecule has 0 fully saturated rings. The van der Waals surface area contributed by atoms with Gasteiger partial charge < -0.3 is 9.47 Å². The van der Waals surface area contributed by atoms with Gasteiger partial charge >= 0.3 is 0 Å². The quantitative estimate of drug-likeness (QED) is 0.779. The number of benzene rings is 2. The monoisotopic (exact) mass is 294 g/mol. The van der Waals surface area contributed by atoms with Crippen LogP contribution >= 0.6 is 0 Å². The highest BCUT2D eigenvalue weighted by Crippen LogP contribution is 2.21. The Morgan fingerprint density at radius 3 is 1.50 bits per heavy atom. The molecule has 114 valence electrons. The van der Waals surface area contributed by atoms with Crippen LogP contribution < -0.4 is 9.47 Å². The van der Waals surface area contributed by atoms with Crippen molar-refractivity contribution in [2.24, 2.45) is 0 Å². The van der Waals surface area contributed by atoms with Gasteiger partial charge in [-0.3, -0.25) is 0 Å². The third-order valence-corrected chi connectivity index (χ3v) is 3.83. The first-order chi connectivity index (χ1) is 10.6. The van der Waals surface area contributed by atoms with Crippen LogP contribution in [0.25, 0.3) is 0 Å². The Morgan fingerprint density at radius 2 is 1.09 bits per heavy atom. The Kier molecular flexibility index (Phi) is 5.49. The van der Waals surface area contributed by atoms with Crippen LogP contribution in [0.4, 0.5) is 0 Å². The lowest BCUT2D eigenvalue weighted by molar-refractivity contribution is 0.359. The van der Waals surface area contributed by atoms with Crippen LogP contribution in [-0.2, 0) is 0 Å². The summed E-state index contributed by atoms with van der Waals surface area (Å²) in [6.07, 6.45) is 0. The summed E-state index contributed by atoms with van der Waals surface area (Å²) >= 11 is 0. The van der Waals surface area contributed by atoms with Gasteiger partial charge in [0.15, 0.2) is 0 Å². The lowest BCUT2D eigenvalue weighted by atomic mass is 10.1. The molecule has 2 aromatic carbocycles. The topological polar surface area (TPSA) is 18.5 Å². The summed E-state index contributed by atoms with van der Waals surface area (Å²) in [5, 5.41) is 0. The van der Waals surface area contributed by atoms with Crippen LogP contribution in [0.2, 0.25) is 0 Å². The second-order valence-corrected chi connectivity index (χ2v) is 5.33. The van der Waals surface area contributed by atoms with Crippen molar-refractivity contribution in [2.75, 3.05) is 13.2 Å². The molecule has 0 atom stereocenters.